The molecule has 0 aliphatic carbocycles. The molecule has 0 amide bonds. The highest BCUT2D eigenvalue weighted by molar-refractivity contribution is 7.47. The predicted molar refractivity (Wildman–Crippen MR) is 381 cm³/mol. The summed E-state index contributed by atoms with van der Waals surface area (Å²) in [4.78, 5) is 35.4. The molecule has 3 N–H and O–H groups in total. The number of carbonyl (C=O) groups excluding carboxylic acids is 2. The largest absolute Gasteiger partial charge is 0.472 e. The number of rotatable bonds is 76. The zero-order chi connectivity index (χ0) is 63.7. The second-order valence-electron chi connectivity index (χ2n) is 26.9. The smallest absolute Gasteiger partial charge is 0.462 e. The van der Waals surface area contributed by atoms with Crippen LogP contribution in [0.3, 0.4) is 0 Å². The molecule has 0 radical (unpaired) electrons. The Morgan fingerprint density at radius 2 is 0.591 bits per heavy atom. The van der Waals surface area contributed by atoms with Gasteiger partial charge in [-0.25, -0.2) is 4.57 Å². The molecule has 2 unspecified atom stereocenters. The fourth-order valence-corrected chi connectivity index (χ4v) is 13.0. The highest BCUT2D eigenvalue weighted by Gasteiger charge is 2.26. The number of unbranched alkanes of at least 4 members (excludes halogenated alkanes) is 59. The van der Waals surface area contributed by atoms with Crippen LogP contribution in [0.4, 0.5) is 0 Å². The predicted octanol–water partition coefficient (Wildman–Crippen LogP) is 26.0. The lowest BCUT2D eigenvalue weighted by Crippen LogP contribution is -2.29. The van der Waals surface area contributed by atoms with Crippen molar-refractivity contribution in [2.45, 2.75) is 437 Å². The van der Waals surface area contributed by atoms with Gasteiger partial charge in [-0.15, -0.1) is 0 Å². The molecule has 0 rings (SSSR count). The van der Waals surface area contributed by atoms with Crippen molar-refractivity contribution >= 4 is 19.8 Å². The molecule has 0 fully saturated rings. The van der Waals surface area contributed by atoms with Gasteiger partial charge in [0.1, 0.15) is 6.61 Å². The van der Waals surface area contributed by atoms with Gasteiger partial charge in [-0.1, -0.05) is 398 Å². The van der Waals surface area contributed by atoms with Crippen molar-refractivity contribution in [1.29, 1.82) is 0 Å². The Morgan fingerprint density at radius 3 is 0.864 bits per heavy atom. The van der Waals surface area contributed by atoms with Gasteiger partial charge in [0.25, 0.3) is 0 Å². The number of phosphoric acid groups is 1. The molecule has 9 nitrogen and oxygen atoms in total. The van der Waals surface area contributed by atoms with Crippen molar-refractivity contribution in [1.82, 2.24) is 0 Å². The van der Waals surface area contributed by atoms with Crippen LogP contribution in [0.2, 0.25) is 0 Å². The summed E-state index contributed by atoms with van der Waals surface area (Å²) in [5.74, 6) is -0.798. The van der Waals surface area contributed by atoms with Crippen LogP contribution >= 0.6 is 7.82 Å². The summed E-state index contributed by atoms with van der Waals surface area (Å²) in [5, 5.41) is 0. The summed E-state index contributed by atoms with van der Waals surface area (Å²) in [6.45, 7) is 3.83. The minimum atomic E-state index is -4.39. The molecule has 10 heteroatoms. The second kappa shape index (κ2) is 74.5. The van der Waals surface area contributed by atoms with Crippen molar-refractivity contribution in [3.8, 4) is 0 Å². The van der Waals surface area contributed by atoms with E-state index < -0.39 is 26.5 Å². The van der Waals surface area contributed by atoms with Crippen LogP contribution < -0.4 is 5.73 Å². The fourth-order valence-electron chi connectivity index (χ4n) is 12.3. The molecule has 0 spiro atoms. The molecule has 0 heterocycles. The monoisotopic (exact) mass is 1260 g/mol. The first-order chi connectivity index (χ1) is 43.3. The average molecular weight is 1260 g/mol. The second-order valence-corrected chi connectivity index (χ2v) is 28.4. The minimum absolute atomic E-state index is 0.0575. The van der Waals surface area contributed by atoms with E-state index in [9.17, 15) is 19.0 Å². The molecule has 0 aliphatic rings. The molecule has 0 saturated heterocycles. The Balaban J connectivity index is 3.75. The third-order valence-corrected chi connectivity index (χ3v) is 19.1. The summed E-state index contributed by atoms with van der Waals surface area (Å²) >= 11 is 0. The normalized spacial score (nSPS) is 12.9. The Hall–Kier alpha value is -1.51. The van der Waals surface area contributed by atoms with Crippen LogP contribution in [0.5, 0.6) is 0 Å². The van der Waals surface area contributed by atoms with Gasteiger partial charge in [0, 0.05) is 19.4 Å². The zero-order valence-electron chi connectivity index (χ0n) is 59.0. The maximum absolute atomic E-state index is 12.8. The lowest BCUT2D eigenvalue weighted by Gasteiger charge is -2.19. The Morgan fingerprint density at radius 1 is 0.341 bits per heavy atom. The summed E-state index contributed by atoms with van der Waals surface area (Å²) in [6.07, 6.45) is 93.2. The number of nitrogens with two attached hydrogens (primary N) is 1. The van der Waals surface area contributed by atoms with Gasteiger partial charge >= 0.3 is 19.8 Å². The molecular formula is C78H152NO8P. The van der Waals surface area contributed by atoms with Gasteiger partial charge in [0.15, 0.2) is 6.10 Å². The summed E-state index contributed by atoms with van der Waals surface area (Å²) in [7, 11) is -4.39. The van der Waals surface area contributed by atoms with Crippen LogP contribution in [0.25, 0.3) is 0 Å². The number of ether oxygens (including phenoxy) is 2. The van der Waals surface area contributed by atoms with Gasteiger partial charge in [0.2, 0.25) is 0 Å². The van der Waals surface area contributed by atoms with E-state index in [0.717, 1.165) is 38.5 Å². The van der Waals surface area contributed by atoms with Crippen LogP contribution in [-0.2, 0) is 32.7 Å². The number of allylic oxidation sites excluding steroid dienone is 4. The van der Waals surface area contributed by atoms with Crippen molar-refractivity contribution in [2.24, 2.45) is 5.73 Å². The number of hydrogen-bond acceptors (Lipinski definition) is 8. The van der Waals surface area contributed by atoms with E-state index in [1.54, 1.807) is 0 Å². The highest BCUT2D eigenvalue weighted by Crippen LogP contribution is 2.43. The van der Waals surface area contributed by atoms with Gasteiger partial charge in [-0.05, 0) is 44.9 Å². The first kappa shape index (κ1) is 86.5. The topological polar surface area (TPSA) is 134 Å². The van der Waals surface area contributed by atoms with Gasteiger partial charge in [0.05, 0.1) is 13.2 Å². The maximum atomic E-state index is 12.8. The lowest BCUT2D eigenvalue weighted by molar-refractivity contribution is -0.161. The number of phosphoric ester groups is 1. The SMILES string of the molecule is CCCCCCC/C=C\C/C=C\CCCCCCCCCCCCCCCCCCCCCCCCCC(=O)OC(COC(=O)CCCCCCCCCCCCCCCCCCCCCCCCCCCCCCCCCC)COP(=O)(O)OCCN. The lowest BCUT2D eigenvalue weighted by atomic mass is 10.0. The van der Waals surface area contributed by atoms with Crippen LogP contribution in [-0.4, -0.2) is 49.3 Å². The summed E-state index contributed by atoms with van der Waals surface area (Å²) < 4.78 is 33.3. The Labute approximate surface area is 548 Å². The third-order valence-electron chi connectivity index (χ3n) is 18.1. The summed E-state index contributed by atoms with van der Waals surface area (Å²) in [6, 6.07) is 0. The molecule has 2 atom stereocenters. The summed E-state index contributed by atoms with van der Waals surface area (Å²) in [5.41, 5.74) is 5.41. The van der Waals surface area contributed by atoms with E-state index in [1.807, 2.05) is 0 Å². The zero-order valence-corrected chi connectivity index (χ0v) is 59.9. The highest BCUT2D eigenvalue weighted by atomic mass is 31.2. The minimum Gasteiger partial charge on any atom is -0.462 e. The molecule has 0 bridgehead atoms. The molecule has 0 aromatic rings. The van der Waals surface area contributed by atoms with E-state index in [0.29, 0.717) is 6.42 Å². The molecular weight excluding hydrogens is 1110 g/mol. The Bertz CT molecular complexity index is 1490. The van der Waals surface area contributed by atoms with Crippen LogP contribution in [0.15, 0.2) is 24.3 Å². The van der Waals surface area contributed by atoms with Gasteiger partial charge in [-0.3, -0.25) is 18.6 Å². The van der Waals surface area contributed by atoms with Crippen molar-refractivity contribution in [3.63, 3.8) is 0 Å². The standard InChI is InChI=1S/C78H152NO8P/c1-3-5-7-9-11-13-15-17-19-21-23-25-27-29-31-33-35-37-38-39-41-43-45-47-49-51-53-55-57-59-61-63-65-67-69-71-78(81)87-76(75-86-88(82,83)85-73-72-79)74-84-77(80)70-68-66-64-62-60-58-56-54-52-50-48-46-44-42-40-36-34-32-30-28-26-24-22-20-18-16-14-12-10-8-6-4-2/h15,17,21,23,76H,3-14,16,18-20,22,24-75,79H2,1-2H3,(H,82,83)/b17-15-,23-21-. The number of carbonyl (C=O) groups is 2. The molecule has 0 saturated carbocycles. The molecule has 88 heavy (non-hydrogen) atoms. The maximum Gasteiger partial charge on any atom is 0.472 e. The van der Waals surface area contributed by atoms with Gasteiger partial charge < -0.3 is 20.1 Å². The van der Waals surface area contributed by atoms with E-state index in [-0.39, 0.29) is 38.6 Å². The van der Waals surface area contributed by atoms with Crippen molar-refractivity contribution in [2.75, 3.05) is 26.4 Å². The van der Waals surface area contributed by atoms with E-state index in [4.69, 9.17) is 24.3 Å². The average Bonchev–Trinajstić information content (AvgIpc) is 3.62. The number of hydrogen-bond donors (Lipinski definition) is 2. The molecule has 0 aromatic heterocycles. The third kappa shape index (κ3) is 73.5. The van der Waals surface area contributed by atoms with Gasteiger partial charge in [-0.2, -0.15) is 0 Å². The number of esters is 2. The molecule has 0 aromatic carbocycles. The van der Waals surface area contributed by atoms with Crippen LogP contribution in [0, 0.1) is 0 Å². The quantitative estimate of drug-likeness (QED) is 0.0264. The molecule has 0 aliphatic heterocycles. The van der Waals surface area contributed by atoms with Crippen molar-refractivity contribution < 1.29 is 37.6 Å². The van der Waals surface area contributed by atoms with E-state index in [2.05, 4.69) is 38.2 Å². The van der Waals surface area contributed by atoms with Crippen LogP contribution in [0.1, 0.15) is 431 Å². The fraction of sp³-hybridized carbons (Fsp3) is 0.923. The first-order valence-electron chi connectivity index (χ1n) is 39.3. The van der Waals surface area contributed by atoms with Crippen molar-refractivity contribution in [3.05, 3.63) is 24.3 Å². The Kier molecular flexibility index (Phi) is 73.3. The molecule has 522 valence electrons. The van der Waals surface area contributed by atoms with E-state index in [1.165, 1.54) is 360 Å². The van der Waals surface area contributed by atoms with E-state index >= 15 is 0 Å². The first-order valence-corrected chi connectivity index (χ1v) is 40.8.